The van der Waals surface area contributed by atoms with Crippen molar-refractivity contribution in [1.29, 1.82) is 0 Å². The number of hydrogen-bond donors (Lipinski definition) is 1. The Balaban J connectivity index is 1.45. The molecule has 1 aliphatic carbocycles. The van der Waals surface area contributed by atoms with Crippen LogP contribution in [0.25, 0.3) is 10.9 Å². The Morgan fingerprint density at radius 1 is 1.16 bits per heavy atom. The van der Waals surface area contributed by atoms with Gasteiger partial charge in [0.05, 0.1) is 24.3 Å². The molecule has 0 saturated heterocycles. The first-order valence-electron chi connectivity index (χ1n) is 8.54. The van der Waals surface area contributed by atoms with Gasteiger partial charge in [-0.3, -0.25) is 14.3 Å². The predicted molar refractivity (Wildman–Crippen MR) is 96.3 cm³/mol. The van der Waals surface area contributed by atoms with Gasteiger partial charge in [-0.1, -0.05) is 36.4 Å². The summed E-state index contributed by atoms with van der Waals surface area (Å²) < 4.78 is 1.72. The standard InChI is InChI=1S/C20H19N3O2/c24-19-13-21-23(18-8-4-3-7-16(18)19)12-11-20(25)22-17-10-9-14-5-1-2-6-15(14)17/h1-8,13,17H,9-12H2,(H,22,25)/t17-/m1/s1. The summed E-state index contributed by atoms with van der Waals surface area (Å²) >= 11 is 0. The van der Waals surface area contributed by atoms with Gasteiger partial charge in [-0.2, -0.15) is 5.10 Å². The van der Waals surface area contributed by atoms with Crippen molar-refractivity contribution in [3.8, 4) is 0 Å². The zero-order valence-corrected chi connectivity index (χ0v) is 13.8. The van der Waals surface area contributed by atoms with Crippen LogP contribution in [0.1, 0.15) is 30.0 Å². The minimum Gasteiger partial charge on any atom is -0.349 e. The van der Waals surface area contributed by atoms with E-state index in [2.05, 4.69) is 22.5 Å². The van der Waals surface area contributed by atoms with Crippen molar-refractivity contribution < 1.29 is 4.79 Å². The van der Waals surface area contributed by atoms with Crippen LogP contribution in [0.4, 0.5) is 0 Å². The minimum atomic E-state index is -0.0983. The summed E-state index contributed by atoms with van der Waals surface area (Å²) in [5, 5.41) is 7.92. The number of aryl methyl sites for hydroxylation is 2. The molecule has 1 N–H and O–H groups in total. The molecule has 5 heteroatoms. The lowest BCUT2D eigenvalue weighted by Crippen LogP contribution is -2.28. The number of carbonyl (C=O) groups excluding carboxylic acids is 1. The van der Waals surface area contributed by atoms with Crippen LogP contribution in [0.3, 0.4) is 0 Å². The van der Waals surface area contributed by atoms with E-state index in [1.807, 2.05) is 30.3 Å². The van der Waals surface area contributed by atoms with E-state index in [-0.39, 0.29) is 17.4 Å². The largest absolute Gasteiger partial charge is 0.349 e. The van der Waals surface area contributed by atoms with Gasteiger partial charge in [0.25, 0.3) is 0 Å². The molecule has 1 aromatic heterocycles. The first kappa shape index (κ1) is 15.6. The smallest absolute Gasteiger partial charge is 0.222 e. The van der Waals surface area contributed by atoms with Crippen molar-refractivity contribution >= 4 is 16.8 Å². The predicted octanol–water partition coefficient (Wildman–Crippen LogP) is 2.59. The van der Waals surface area contributed by atoms with Gasteiger partial charge < -0.3 is 5.32 Å². The highest BCUT2D eigenvalue weighted by molar-refractivity contribution is 5.79. The summed E-state index contributed by atoms with van der Waals surface area (Å²) in [6.45, 7) is 0.445. The summed E-state index contributed by atoms with van der Waals surface area (Å²) in [4.78, 5) is 24.2. The molecule has 1 aliphatic rings. The zero-order chi connectivity index (χ0) is 17.2. The topological polar surface area (TPSA) is 64.0 Å². The molecule has 3 aromatic rings. The molecule has 4 rings (SSSR count). The van der Waals surface area contributed by atoms with Crippen LogP contribution in [-0.2, 0) is 17.8 Å². The molecule has 25 heavy (non-hydrogen) atoms. The maximum absolute atomic E-state index is 12.4. The lowest BCUT2D eigenvalue weighted by molar-refractivity contribution is -0.122. The maximum Gasteiger partial charge on any atom is 0.222 e. The van der Waals surface area contributed by atoms with E-state index in [4.69, 9.17) is 0 Å². The quantitative estimate of drug-likeness (QED) is 0.798. The van der Waals surface area contributed by atoms with Gasteiger partial charge in [-0.25, -0.2) is 0 Å². The van der Waals surface area contributed by atoms with Gasteiger partial charge in [-0.15, -0.1) is 0 Å². The van der Waals surface area contributed by atoms with Gasteiger partial charge in [0.2, 0.25) is 11.3 Å². The average Bonchev–Trinajstić information content (AvgIpc) is 3.04. The number of para-hydroxylation sites is 1. The first-order valence-corrected chi connectivity index (χ1v) is 8.54. The molecule has 1 atom stereocenters. The molecule has 0 bridgehead atoms. The number of amides is 1. The van der Waals surface area contributed by atoms with Gasteiger partial charge >= 0.3 is 0 Å². The van der Waals surface area contributed by atoms with E-state index in [1.165, 1.54) is 17.3 Å². The molecular formula is C20H19N3O2. The molecule has 0 fully saturated rings. The second-order valence-electron chi connectivity index (χ2n) is 6.36. The fraction of sp³-hybridized carbons (Fsp3) is 0.250. The number of carbonyl (C=O) groups is 1. The van der Waals surface area contributed by atoms with E-state index in [0.717, 1.165) is 18.4 Å². The molecule has 2 aromatic carbocycles. The first-order chi connectivity index (χ1) is 12.2. The number of aromatic nitrogens is 2. The Bertz CT molecular complexity index is 993. The van der Waals surface area contributed by atoms with Gasteiger partial charge in [0, 0.05) is 11.8 Å². The lowest BCUT2D eigenvalue weighted by atomic mass is 10.1. The number of rotatable bonds is 4. The van der Waals surface area contributed by atoms with Crippen LogP contribution in [0.5, 0.6) is 0 Å². The number of fused-ring (bicyclic) bond motifs is 2. The second-order valence-corrected chi connectivity index (χ2v) is 6.36. The highest BCUT2D eigenvalue weighted by Crippen LogP contribution is 2.30. The molecule has 1 heterocycles. The molecule has 1 amide bonds. The van der Waals surface area contributed by atoms with E-state index >= 15 is 0 Å². The Hall–Kier alpha value is -2.95. The van der Waals surface area contributed by atoms with E-state index in [1.54, 1.807) is 10.7 Å². The summed E-state index contributed by atoms with van der Waals surface area (Å²) in [6, 6.07) is 15.7. The van der Waals surface area contributed by atoms with Crippen molar-refractivity contribution in [3.05, 3.63) is 76.1 Å². The highest BCUT2D eigenvalue weighted by atomic mass is 16.1. The number of nitrogens with zero attached hydrogens (tertiary/aromatic N) is 2. The van der Waals surface area contributed by atoms with Gasteiger partial charge in [0.1, 0.15) is 0 Å². The fourth-order valence-electron chi connectivity index (χ4n) is 3.52. The summed E-state index contributed by atoms with van der Waals surface area (Å²) in [7, 11) is 0. The second kappa shape index (κ2) is 6.51. The van der Waals surface area contributed by atoms with Gasteiger partial charge in [0.15, 0.2) is 0 Å². The molecule has 5 nitrogen and oxygen atoms in total. The van der Waals surface area contributed by atoms with Crippen LogP contribution in [0.15, 0.2) is 59.5 Å². The molecule has 0 unspecified atom stereocenters. The summed E-state index contributed by atoms with van der Waals surface area (Å²) in [6.07, 6.45) is 3.60. The van der Waals surface area contributed by atoms with Crippen molar-refractivity contribution in [2.45, 2.75) is 31.8 Å². The van der Waals surface area contributed by atoms with Crippen molar-refractivity contribution in [2.24, 2.45) is 0 Å². The van der Waals surface area contributed by atoms with Crippen molar-refractivity contribution in [2.75, 3.05) is 0 Å². The monoisotopic (exact) mass is 333 g/mol. The number of hydrogen-bond acceptors (Lipinski definition) is 3. The Kier molecular flexibility index (Phi) is 4.06. The molecule has 126 valence electrons. The highest BCUT2D eigenvalue weighted by Gasteiger charge is 2.23. The van der Waals surface area contributed by atoms with Crippen molar-refractivity contribution in [1.82, 2.24) is 15.1 Å². The lowest BCUT2D eigenvalue weighted by Gasteiger charge is -2.15. The molecule has 0 saturated carbocycles. The SMILES string of the molecule is O=C(CCn1ncc(=O)c2ccccc21)N[C@@H]1CCc2ccccc21. The molecule has 0 spiro atoms. The third-order valence-corrected chi connectivity index (χ3v) is 4.78. The molecule has 0 aliphatic heterocycles. The number of benzene rings is 2. The van der Waals surface area contributed by atoms with Crippen LogP contribution >= 0.6 is 0 Å². The van der Waals surface area contributed by atoms with Crippen LogP contribution in [0.2, 0.25) is 0 Å². The maximum atomic E-state index is 12.4. The minimum absolute atomic E-state index is 0.00582. The summed E-state index contributed by atoms with van der Waals surface area (Å²) in [5.41, 5.74) is 3.21. The Morgan fingerprint density at radius 3 is 2.88 bits per heavy atom. The van der Waals surface area contributed by atoms with Gasteiger partial charge in [-0.05, 0) is 36.1 Å². The molecule has 0 radical (unpaired) electrons. The van der Waals surface area contributed by atoms with Crippen LogP contribution in [-0.4, -0.2) is 15.7 Å². The van der Waals surface area contributed by atoms with Crippen LogP contribution < -0.4 is 10.7 Å². The van der Waals surface area contributed by atoms with E-state index in [0.29, 0.717) is 18.4 Å². The Labute approximate surface area is 145 Å². The van der Waals surface area contributed by atoms with Crippen molar-refractivity contribution in [3.63, 3.8) is 0 Å². The average molecular weight is 333 g/mol. The normalized spacial score (nSPS) is 15.9. The van der Waals surface area contributed by atoms with E-state index < -0.39 is 0 Å². The fourth-order valence-corrected chi connectivity index (χ4v) is 3.52. The van der Waals surface area contributed by atoms with E-state index in [9.17, 15) is 9.59 Å². The number of nitrogens with one attached hydrogen (secondary N) is 1. The Morgan fingerprint density at radius 2 is 1.96 bits per heavy atom. The molecular weight excluding hydrogens is 314 g/mol. The summed E-state index contributed by atoms with van der Waals surface area (Å²) in [5.74, 6) is 0.00582. The third-order valence-electron chi connectivity index (χ3n) is 4.78. The van der Waals surface area contributed by atoms with Crippen LogP contribution in [0, 0.1) is 0 Å². The zero-order valence-electron chi connectivity index (χ0n) is 13.8. The third kappa shape index (κ3) is 3.05.